The molecule has 0 aromatic heterocycles. The molecular formula is C10H15NO4. The van der Waals surface area contributed by atoms with Gasteiger partial charge >= 0.3 is 5.97 Å². The third-order valence-corrected chi connectivity index (χ3v) is 2.40. The van der Waals surface area contributed by atoms with Crippen LogP contribution in [0.2, 0.25) is 0 Å². The molecule has 1 aliphatic rings. The number of rotatable bonds is 3. The molecule has 0 spiro atoms. The maximum absolute atomic E-state index is 11.3. The highest BCUT2D eigenvalue weighted by atomic mass is 16.5. The Balaban J connectivity index is 2.45. The predicted octanol–water partition coefficient (Wildman–Crippen LogP) is 0.312. The lowest BCUT2D eigenvalue weighted by atomic mass is 9.92. The van der Waals surface area contributed by atoms with Gasteiger partial charge in [-0.05, 0) is 19.8 Å². The van der Waals surface area contributed by atoms with Crippen molar-refractivity contribution in [3.63, 3.8) is 0 Å². The molecule has 5 nitrogen and oxygen atoms in total. The van der Waals surface area contributed by atoms with E-state index in [2.05, 4.69) is 5.32 Å². The van der Waals surface area contributed by atoms with Crippen molar-refractivity contribution < 1.29 is 19.4 Å². The van der Waals surface area contributed by atoms with Crippen LogP contribution in [0.5, 0.6) is 0 Å². The summed E-state index contributed by atoms with van der Waals surface area (Å²) in [7, 11) is 0. The quantitative estimate of drug-likeness (QED) is 0.662. The van der Waals surface area contributed by atoms with E-state index >= 15 is 0 Å². The van der Waals surface area contributed by atoms with Crippen molar-refractivity contribution in [3.8, 4) is 0 Å². The first kappa shape index (κ1) is 11.7. The van der Waals surface area contributed by atoms with Gasteiger partial charge in [0, 0.05) is 30.9 Å². The zero-order chi connectivity index (χ0) is 11.3. The summed E-state index contributed by atoms with van der Waals surface area (Å²) < 4.78 is 5.18. The molecule has 5 heteroatoms. The molecule has 1 saturated heterocycles. The molecule has 2 N–H and O–H groups in total. The Bertz CT molecular complexity index is 279. The summed E-state index contributed by atoms with van der Waals surface area (Å²) in [5.74, 6) is -1.50. The van der Waals surface area contributed by atoms with Crippen molar-refractivity contribution >= 4 is 11.9 Å². The second kappa shape index (κ2) is 4.93. The molecule has 1 aliphatic heterocycles. The number of ether oxygens (including phenoxy) is 1. The van der Waals surface area contributed by atoms with E-state index in [1.807, 2.05) is 6.92 Å². The minimum Gasteiger partial charge on any atom is -0.478 e. The molecule has 0 saturated carbocycles. The van der Waals surface area contributed by atoms with E-state index in [1.54, 1.807) is 0 Å². The highest BCUT2D eigenvalue weighted by molar-refractivity contribution is 5.94. The minimum atomic E-state index is -1.12. The van der Waals surface area contributed by atoms with Crippen LogP contribution in [0.15, 0.2) is 12.2 Å². The molecule has 0 bridgehead atoms. The maximum Gasteiger partial charge on any atom is 0.328 e. The summed E-state index contributed by atoms with van der Waals surface area (Å²) >= 11 is 0. The first-order valence-corrected chi connectivity index (χ1v) is 4.83. The number of hydrogen-bond acceptors (Lipinski definition) is 3. The SMILES string of the molecule is CC1(NC(=O)/C=C\C(=O)O)CCOCC1. The van der Waals surface area contributed by atoms with Gasteiger partial charge in [-0.15, -0.1) is 0 Å². The normalized spacial score (nSPS) is 20.1. The Kier molecular flexibility index (Phi) is 3.85. The molecule has 1 rings (SSSR count). The van der Waals surface area contributed by atoms with Crippen LogP contribution < -0.4 is 5.32 Å². The van der Waals surface area contributed by atoms with E-state index < -0.39 is 5.97 Å². The maximum atomic E-state index is 11.3. The van der Waals surface area contributed by atoms with Crippen molar-refractivity contribution in [3.05, 3.63) is 12.2 Å². The summed E-state index contributed by atoms with van der Waals surface area (Å²) in [6.07, 6.45) is 3.36. The third kappa shape index (κ3) is 4.12. The van der Waals surface area contributed by atoms with Gasteiger partial charge in [-0.25, -0.2) is 4.79 Å². The zero-order valence-corrected chi connectivity index (χ0v) is 8.66. The van der Waals surface area contributed by atoms with Crippen LogP contribution in [0.25, 0.3) is 0 Å². The molecule has 0 unspecified atom stereocenters. The number of carbonyl (C=O) groups is 2. The average molecular weight is 213 g/mol. The van der Waals surface area contributed by atoms with Gasteiger partial charge < -0.3 is 15.2 Å². The monoisotopic (exact) mass is 213 g/mol. The molecule has 1 fully saturated rings. The standard InChI is InChI=1S/C10H15NO4/c1-10(4-6-15-7-5-10)11-8(12)2-3-9(13)14/h2-3H,4-7H2,1H3,(H,11,12)(H,13,14)/b3-2-. The van der Waals surface area contributed by atoms with Crippen molar-refractivity contribution in [1.29, 1.82) is 0 Å². The fourth-order valence-corrected chi connectivity index (χ4v) is 1.43. The largest absolute Gasteiger partial charge is 0.478 e. The second-order valence-electron chi connectivity index (χ2n) is 3.83. The van der Waals surface area contributed by atoms with Crippen LogP contribution in [0, 0.1) is 0 Å². The fourth-order valence-electron chi connectivity index (χ4n) is 1.43. The molecule has 0 aliphatic carbocycles. The minimum absolute atomic E-state index is 0.280. The highest BCUT2D eigenvalue weighted by Crippen LogP contribution is 2.19. The predicted molar refractivity (Wildman–Crippen MR) is 53.4 cm³/mol. The van der Waals surface area contributed by atoms with E-state index in [0.717, 1.165) is 25.0 Å². The van der Waals surface area contributed by atoms with Gasteiger partial charge in [0.05, 0.1) is 0 Å². The van der Waals surface area contributed by atoms with Crippen molar-refractivity contribution in [2.75, 3.05) is 13.2 Å². The van der Waals surface area contributed by atoms with Gasteiger partial charge in [-0.3, -0.25) is 4.79 Å². The first-order valence-electron chi connectivity index (χ1n) is 4.83. The van der Waals surface area contributed by atoms with Gasteiger partial charge in [0.1, 0.15) is 0 Å². The molecule has 0 aromatic rings. The van der Waals surface area contributed by atoms with Crippen LogP contribution in [0.3, 0.4) is 0 Å². The van der Waals surface area contributed by atoms with Crippen LogP contribution in [0.1, 0.15) is 19.8 Å². The van der Waals surface area contributed by atoms with Crippen molar-refractivity contribution in [2.24, 2.45) is 0 Å². The Morgan fingerprint density at radius 2 is 1.93 bits per heavy atom. The Morgan fingerprint density at radius 3 is 2.47 bits per heavy atom. The number of carboxylic acids is 1. The molecule has 1 amide bonds. The lowest BCUT2D eigenvalue weighted by Gasteiger charge is -2.33. The first-order chi connectivity index (χ1) is 7.02. The summed E-state index contributed by atoms with van der Waals surface area (Å²) in [5, 5.41) is 11.1. The third-order valence-electron chi connectivity index (χ3n) is 2.40. The van der Waals surface area contributed by atoms with E-state index in [1.165, 1.54) is 0 Å². The van der Waals surface area contributed by atoms with Gasteiger partial charge in [0.15, 0.2) is 0 Å². The Hall–Kier alpha value is -1.36. The Labute approximate surface area is 88.1 Å². The number of nitrogens with one attached hydrogen (secondary N) is 1. The van der Waals surface area contributed by atoms with E-state index in [9.17, 15) is 9.59 Å². The van der Waals surface area contributed by atoms with E-state index in [0.29, 0.717) is 13.2 Å². The van der Waals surface area contributed by atoms with Crippen LogP contribution in [0.4, 0.5) is 0 Å². The number of carbonyl (C=O) groups excluding carboxylic acids is 1. The molecule has 1 heterocycles. The van der Waals surface area contributed by atoms with Gasteiger partial charge in [-0.2, -0.15) is 0 Å². The smallest absolute Gasteiger partial charge is 0.328 e. The van der Waals surface area contributed by atoms with Gasteiger partial charge in [-0.1, -0.05) is 0 Å². The summed E-state index contributed by atoms with van der Waals surface area (Å²) in [4.78, 5) is 21.5. The topological polar surface area (TPSA) is 75.6 Å². The molecule has 0 atom stereocenters. The van der Waals surface area contributed by atoms with Crippen molar-refractivity contribution in [2.45, 2.75) is 25.3 Å². The van der Waals surface area contributed by atoms with E-state index in [4.69, 9.17) is 9.84 Å². The Morgan fingerprint density at radius 1 is 1.33 bits per heavy atom. The highest BCUT2D eigenvalue weighted by Gasteiger charge is 2.28. The fraction of sp³-hybridized carbons (Fsp3) is 0.600. The average Bonchev–Trinajstić information content (AvgIpc) is 2.15. The molecule has 0 aromatic carbocycles. The molecular weight excluding hydrogens is 198 g/mol. The van der Waals surface area contributed by atoms with Gasteiger partial charge in [0.2, 0.25) is 5.91 Å². The van der Waals surface area contributed by atoms with Gasteiger partial charge in [0.25, 0.3) is 0 Å². The molecule has 0 radical (unpaired) electrons. The van der Waals surface area contributed by atoms with Crippen LogP contribution in [-0.2, 0) is 14.3 Å². The number of carboxylic acid groups (broad SMARTS) is 1. The number of amides is 1. The second-order valence-corrected chi connectivity index (χ2v) is 3.83. The van der Waals surface area contributed by atoms with Crippen LogP contribution in [-0.4, -0.2) is 35.7 Å². The van der Waals surface area contributed by atoms with Crippen LogP contribution >= 0.6 is 0 Å². The molecule has 15 heavy (non-hydrogen) atoms. The zero-order valence-electron chi connectivity index (χ0n) is 8.66. The summed E-state index contributed by atoms with van der Waals surface area (Å²) in [6.45, 7) is 3.18. The lowest BCUT2D eigenvalue weighted by molar-refractivity contribution is -0.131. The van der Waals surface area contributed by atoms with E-state index in [-0.39, 0.29) is 11.4 Å². The number of hydrogen-bond donors (Lipinski definition) is 2. The summed E-state index contributed by atoms with van der Waals surface area (Å²) in [6, 6.07) is 0. The molecule has 84 valence electrons. The number of aliphatic carboxylic acids is 1. The summed E-state index contributed by atoms with van der Waals surface area (Å²) in [5.41, 5.74) is -0.280. The lowest BCUT2D eigenvalue weighted by Crippen LogP contribution is -2.49. The van der Waals surface area contributed by atoms with Crippen molar-refractivity contribution in [1.82, 2.24) is 5.32 Å².